The Morgan fingerprint density at radius 1 is 0.864 bits per heavy atom. The Kier molecular flexibility index (Phi) is 18.0. The lowest BCUT2D eigenvalue weighted by atomic mass is 9.89. The van der Waals surface area contributed by atoms with Gasteiger partial charge in [0.1, 0.15) is 0 Å². The van der Waals surface area contributed by atoms with Crippen LogP contribution in [0.3, 0.4) is 0 Å². The number of hydrogen-bond donors (Lipinski definition) is 1. The minimum atomic E-state index is -0.675. The van der Waals surface area contributed by atoms with Crippen molar-refractivity contribution in [3.05, 3.63) is 0 Å². The lowest BCUT2D eigenvalue weighted by Gasteiger charge is -2.17. The van der Waals surface area contributed by atoms with E-state index >= 15 is 0 Å². The summed E-state index contributed by atoms with van der Waals surface area (Å²) in [7, 11) is 0. The molecule has 1 N–H and O–H groups in total. The first-order valence-electron chi connectivity index (χ1n) is 8.79. The van der Waals surface area contributed by atoms with Gasteiger partial charge < -0.3 is 5.11 Å². The highest BCUT2D eigenvalue weighted by Crippen LogP contribution is 2.22. The fraction of sp³-hybridized carbons (Fsp3) is 0.944. The summed E-state index contributed by atoms with van der Waals surface area (Å²) < 4.78 is 0. The summed E-state index contributed by atoms with van der Waals surface area (Å²) >= 11 is 0. The SMILES string of the molecule is CC(C)(C)CCCCCC(=O)O.CCCCOOCCCC. The number of carboxylic acid groups (broad SMARTS) is 1. The number of carboxylic acids is 1. The van der Waals surface area contributed by atoms with E-state index in [0.717, 1.165) is 58.2 Å². The Hall–Kier alpha value is -0.610. The van der Waals surface area contributed by atoms with Crippen LogP contribution in [0.15, 0.2) is 0 Å². The van der Waals surface area contributed by atoms with E-state index in [4.69, 9.17) is 14.9 Å². The second kappa shape index (κ2) is 16.8. The monoisotopic (exact) mass is 318 g/mol. The number of unbranched alkanes of at least 4 members (excludes halogenated alkanes) is 4. The molecule has 0 amide bonds. The van der Waals surface area contributed by atoms with E-state index in [9.17, 15) is 4.79 Å². The van der Waals surface area contributed by atoms with Crippen LogP contribution in [-0.4, -0.2) is 24.3 Å². The fourth-order valence-electron chi connectivity index (χ4n) is 1.63. The smallest absolute Gasteiger partial charge is 0.303 e. The van der Waals surface area contributed by atoms with Gasteiger partial charge in [-0.1, -0.05) is 60.3 Å². The Morgan fingerprint density at radius 2 is 1.36 bits per heavy atom. The van der Waals surface area contributed by atoms with Crippen molar-refractivity contribution in [3.63, 3.8) is 0 Å². The lowest BCUT2D eigenvalue weighted by molar-refractivity contribution is -0.295. The van der Waals surface area contributed by atoms with Crippen molar-refractivity contribution < 1.29 is 19.7 Å². The van der Waals surface area contributed by atoms with Gasteiger partial charge in [-0.15, -0.1) is 0 Å². The topological polar surface area (TPSA) is 55.8 Å². The van der Waals surface area contributed by atoms with Gasteiger partial charge >= 0.3 is 5.97 Å². The van der Waals surface area contributed by atoms with Gasteiger partial charge in [-0.05, 0) is 31.1 Å². The van der Waals surface area contributed by atoms with Crippen LogP contribution < -0.4 is 0 Å². The first kappa shape index (κ1) is 23.7. The molecule has 4 heteroatoms. The van der Waals surface area contributed by atoms with Crippen molar-refractivity contribution in [2.24, 2.45) is 5.41 Å². The van der Waals surface area contributed by atoms with E-state index in [0.29, 0.717) is 11.8 Å². The van der Waals surface area contributed by atoms with Crippen molar-refractivity contribution in [1.82, 2.24) is 0 Å². The van der Waals surface area contributed by atoms with Gasteiger partial charge in [0.15, 0.2) is 0 Å². The van der Waals surface area contributed by atoms with Gasteiger partial charge in [-0.3, -0.25) is 4.79 Å². The van der Waals surface area contributed by atoms with Gasteiger partial charge in [0, 0.05) is 6.42 Å². The van der Waals surface area contributed by atoms with Gasteiger partial charge in [0.2, 0.25) is 0 Å². The quantitative estimate of drug-likeness (QED) is 0.289. The number of carbonyl (C=O) groups is 1. The van der Waals surface area contributed by atoms with E-state index < -0.39 is 5.97 Å². The van der Waals surface area contributed by atoms with Crippen LogP contribution in [0.4, 0.5) is 0 Å². The molecule has 0 heterocycles. The van der Waals surface area contributed by atoms with Crippen LogP contribution in [0, 0.1) is 5.41 Å². The third-order valence-electron chi connectivity index (χ3n) is 3.06. The summed E-state index contributed by atoms with van der Waals surface area (Å²) in [5.41, 5.74) is 0.392. The molecule has 0 aromatic rings. The maximum atomic E-state index is 10.2. The molecule has 0 atom stereocenters. The molecule has 0 saturated carbocycles. The predicted octanol–water partition coefficient (Wildman–Crippen LogP) is 5.60. The van der Waals surface area contributed by atoms with Crippen LogP contribution in [0.5, 0.6) is 0 Å². The molecule has 0 rings (SSSR count). The van der Waals surface area contributed by atoms with Crippen molar-refractivity contribution in [2.75, 3.05) is 13.2 Å². The maximum absolute atomic E-state index is 10.2. The average Bonchev–Trinajstić information content (AvgIpc) is 2.41. The molecule has 0 bridgehead atoms. The largest absolute Gasteiger partial charge is 0.481 e. The molecule has 0 unspecified atom stereocenters. The number of hydrogen-bond acceptors (Lipinski definition) is 3. The third-order valence-corrected chi connectivity index (χ3v) is 3.06. The lowest BCUT2D eigenvalue weighted by Crippen LogP contribution is -2.04. The molecular formula is C18H38O4. The van der Waals surface area contributed by atoms with E-state index in [-0.39, 0.29) is 0 Å². The molecular weight excluding hydrogens is 280 g/mol. The predicted molar refractivity (Wildman–Crippen MR) is 91.9 cm³/mol. The van der Waals surface area contributed by atoms with Crippen LogP contribution in [0.25, 0.3) is 0 Å². The highest BCUT2D eigenvalue weighted by atomic mass is 17.2. The molecule has 4 nitrogen and oxygen atoms in total. The third kappa shape index (κ3) is 27.7. The van der Waals surface area contributed by atoms with Crippen molar-refractivity contribution in [2.45, 2.75) is 92.4 Å². The molecule has 0 saturated heterocycles. The second-order valence-electron chi connectivity index (χ2n) is 6.87. The van der Waals surface area contributed by atoms with Crippen molar-refractivity contribution in [3.8, 4) is 0 Å². The zero-order chi connectivity index (χ0) is 17.3. The first-order valence-corrected chi connectivity index (χ1v) is 8.79. The molecule has 0 spiro atoms. The summed E-state index contributed by atoms with van der Waals surface area (Å²) in [6.07, 6.45) is 9.04. The standard InChI is InChI=1S/C10H20O2.C8H18O2/c1-10(2,3)8-6-4-5-7-9(11)12;1-3-5-7-9-10-8-6-4-2/h4-8H2,1-3H3,(H,11,12);3-8H2,1-2H3. The summed E-state index contributed by atoms with van der Waals surface area (Å²) in [4.78, 5) is 19.9. The summed E-state index contributed by atoms with van der Waals surface area (Å²) in [6.45, 7) is 12.4. The van der Waals surface area contributed by atoms with Crippen molar-refractivity contribution >= 4 is 5.97 Å². The molecule has 22 heavy (non-hydrogen) atoms. The first-order chi connectivity index (χ1) is 10.3. The zero-order valence-electron chi connectivity index (χ0n) is 15.5. The van der Waals surface area contributed by atoms with Crippen LogP contribution >= 0.6 is 0 Å². The van der Waals surface area contributed by atoms with Gasteiger partial charge in [0.25, 0.3) is 0 Å². The normalized spacial score (nSPS) is 11.0. The Bertz CT molecular complexity index is 226. The molecule has 0 aliphatic rings. The number of aliphatic carboxylic acids is 1. The molecule has 0 fully saturated rings. The second-order valence-corrected chi connectivity index (χ2v) is 6.87. The molecule has 0 aromatic heterocycles. The molecule has 0 aliphatic heterocycles. The van der Waals surface area contributed by atoms with E-state index in [1.165, 1.54) is 6.42 Å². The Morgan fingerprint density at radius 3 is 1.73 bits per heavy atom. The molecule has 0 aromatic carbocycles. The minimum Gasteiger partial charge on any atom is -0.481 e. The van der Waals surface area contributed by atoms with Gasteiger partial charge in [-0.25, -0.2) is 9.78 Å². The molecule has 134 valence electrons. The van der Waals surface area contributed by atoms with Crippen LogP contribution in [0.2, 0.25) is 0 Å². The van der Waals surface area contributed by atoms with Gasteiger partial charge in [0.05, 0.1) is 13.2 Å². The summed E-state index contributed by atoms with van der Waals surface area (Å²) in [5, 5.41) is 8.37. The van der Waals surface area contributed by atoms with Crippen LogP contribution in [-0.2, 0) is 14.6 Å². The zero-order valence-corrected chi connectivity index (χ0v) is 15.5. The summed E-state index contributed by atoms with van der Waals surface area (Å²) in [6, 6.07) is 0. The molecule has 0 radical (unpaired) electrons. The maximum Gasteiger partial charge on any atom is 0.303 e. The highest BCUT2D eigenvalue weighted by molar-refractivity contribution is 5.66. The fourth-order valence-corrected chi connectivity index (χ4v) is 1.63. The minimum absolute atomic E-state index is 0.324. The van der Waals surface area contributed by atoms with E-state index in [1.807, 2.05) is 0 Å². The number of rotatable bonds is 12. The van der Waals surface area contributed by atoms with E-state index in [2.05, 4.69) is 34.6 Å². The summed E-state index contributed by atoms with van der Waals surface area (Å²) in [5.74, 6) is -0.675. The van der Waals surface area contributed by atoms with Gasteiger partial charge in [-0.2, -0.15) is 0 Å². The van der Waals surface area contributed by atoms with Crippen LogP contribution in [0.1, 0.15) is 92.4 Å². The highest BCUT2D eigenvalue weighted by Gasteiger charge is 2.08. The molecule has 0 aliphatic carbocycles. The Balaban J connectivity index is 0. The average molecular weight is 318 g/mol. The Labute approximate surface area is 137 Å². The van der Waals surface area contributed by atoms with E-state index in [1.54, 1.807) is 0 Å². The van der Waals surface area contributed by atoms with Crippen molar-refractivity contribution in [1.29, 1.82) is 0 Å².